The number of carboxylic acid groups (broad SMARTS) is 1. The Morgan fingerprint density at radius 2 is 2.17 bits per heavy atom. The highest BCUT2D eigenvalue weighted by Crippen LogP contribution is 2.31. The third kappa shape index (κ3) is 3.23. The monoisotopic (exact) mass is 311 g/mol. The summed E-state index contributed by atoms with van der Waals surface area (Å²) < 4.78 is 25.9. The van der Waals surface area contributed by atoms with Crippen molar-refractivity contribution in [2.45, 2.75) is 18.1 Å². The molecule has 0 aromatic carbocycles. The van der Waals surface area contributed by atoms with Gasteiger partial charge in [0.15, 0.2) is 0 Å². The summed E-state index contributed by atoms with van der Waals surface area (Å²) in [6.07, 6.45) is 0. The maximum atomic E-state index is 12.1. The normalized spacial score (nSPS) is 13.8. The number of aliphatic carboxylic acids is 1. The molecule has 0 amide bonds. The highest BCUT2D eigenvalue weighted by molar-refractivity contribution is 7.91. The molecule has 1 atom stereocenters. The van der Waals surface area contributed by atoms with Crippen LogP contribution in [0.5, 0.6) is 0 Å². The SMILES string of the molecule is Cc1cc(S(=O)(=O)N(C)CC(C)C(=O)O)sc1Cl. The zero-order chi connectivity index (χ0) is 14.1. The molecule has 0 saturated carbocycles. The number of sulfonamides is 1. The second-order valence-corrected chi connectivity index (χ2v) is 7.97. The van der Waals surface area contributed by atoms with Gasteiger partial charge in [-0.2, -0.15) is 4.31 Å². The van der Waals surface area contributed by atoms with E-state index in [4.69, 9.17) is 16.7 Å². The number of halogens is 1. The number of aryl methyl sites for hydroxylation is 1. The molecule has 0 aliphatic rings. The Morgan fingerprint density at radius 1 is 1.61 bits per heavy atom. The number of hydrogen-bond acceptors (Lipinski definition) is 4. The standard InChI is InChI=1S/C10H14ClNO4S2/c1-6-4-8(17-9(6)11)18(15,16)12(3)5-7(2)10(13)14/h4,7H,5H2,1-3H3,(H,13,14). The molecule has 0 spiro atoms. The van der Waals surface area contributed by atoms with Crippen LogP contribution >= 0.6 is 22.9 Å². The summed E-state index contributed by atoms with van der Waals surface area (Å²) in [4.78, 5) is 10.7. The molecule has 1 aromatic rings. The Balaban J connectivity index is 2.96. The van der Waals surface area contributed by atoms with Crippen LogP contribution in [0.3, 0.4) is 0 Å². The third-order valence-corrected chi connectivity index (χ3v) is 6.28. The van der Waals surface area contributed by atoms with E-state index in [9.17, 15) is 13.2 Å². The predicted octanol–water partition coefficient (Wildman–Crippen LogP) is 2.05. The summed E-state index contributed by atoms with van der Waals surface area (Å²) in [5.41, 5.74) is 0.694. The van der Waals surface area contributed by atoms with E-state index in [2.05, 4.69) is 0 Å². The number of thiophene rings is 1. The molecular weight excluding hydrogens is 298 g/mol. The van der Waals surface area contributed by atoms with Crippen molar-refractivity contribution in [3.63, 3.8) is 0 Å². The fraction of sp³-hybridized carbons (Fsp3) is 0.500. The first-order valence-corrected chi connectivity index (χ1v) is 7.74. The average molecular weight is 312 g/mol. The molecule has 1 rings (SSSR count). The number of rotatable bonds is 5. The van der Waals surface area contributed by atoms with Crippen molar-refractivity contribution < 1.29 is 18.3 Å². The maximum absolute atomic E-state index is 12.1. The van der Waals surface area contributed by atoms with Gasteiger partial charge in [-0.25, -0.2) is 8.42 Å². The highest BCUT2D eigenvalue weighted by Gasteiger charge is 2.26. The van der Waals surface area contributed by atoms with E-state index in [1.165, 1.54) is 20.0 Å². The Kier molecular flexibility index (Phi) is 4.77. The van der Waals surface area contributed by atoms with Crippen LogP contribution in [0.2, 0.25) is 4.34 Å². The molecule has 8 heteroatoms. The maximum Gasteiger partial charge on any atom is 0.307 e. The summed E-state index contributed by atoms with van der Waals surface area (Å²) >= 11 is 6.81. The Labute approximate surface area is 115 Å². The van der Waals surface area contributed by atoms with Crippen LogP contribution in [0.1, 0.15) is 12.5 Å². The minimum absolute atomic E-state index is 0.0771. The summed E-state index contributed by atoms with van der Waals surface area (Å²) in [7, 11) is -2.31. The molecule has 1 heterocycles. The van der Waals surface area contributed by atoms with Gasteiger partial charge in [-0.1, -0.05) is 18.5 Å². The van der Waals surface area contributed by atoms with Crippen LogP contribution in [0, 0.1) is 12.8 Å². The molecule has 18 heavy (non-hydrogen) atoms. The van der Waals surface area contributed by atoms with E-state index in [0.717, 1.165) is 15.6 Å². The van der Waals surface area contributed by atoms with Crippen molar-refractivity contribution in [3.05, 3.63) is 16.0 Å². The van der Waals surface area contributed by atoms with Gasteiger partial charge >= 0.3 is 5.97 Å². The number of carbonyl (C=O) groups is 1. The molecule has 1 aromatic heterocycles. The quantitative estimate of drug-likeness (QED) is 0.903. The van der Waals surface area contributed by atoms with Crippen molar-refractivity contribution in [3.8, 4) is 0 Å². The molecule has 0 bridgehead atoms. The minimum atomic E-state index is -3.67. The van der Waals surface area contributed by atoms with Crippen molar-refractivity contribution in [2.75, 3.05) is 13.6 Å². The lowest BCUT2D eigenvalue weighted by Crippen LogP contribution is -2.33. The number of nitrogens with zero attached hydrogens (tertiary/aromatic N) is 1. The minimum Gasteiger partial charge on any atom is -0.481 e. The molecular formula is C10H14ClNO4S2. The van der Waals surface area contributed by atoms with E-state index in [0.29, 0.717) is 9.90 Å². The molecule has 0 aliphatic heterocycles. The van der Waals surface area contributed by atoms with Gasteiger partial charge in [0, 0.05) is 13.6 Å². The van der Waals surface area contributed by atoms with Gasteiger partial charge in [-0.05, 0) is 18.6 Å². The molecule has 1 N–H and O–H groups in total. The molecule has 0 radical (unpaired) electrons. The van der Waals surface area contributed by atoms with Gasteiger partial charge in [0.1, 0.15) is 4.21 Å². The molecule has 5 nitrogen and oxygen atoms in total. The topological polar surface area (TPSA) is 74.7 Å². The van der Waals surface area contributed by atoms with Crippen LogP contribution in [0.15, 0.2) is 10.3 Å². The zero-order valence-electron chi connectivity index (χ0n) is 10.2. The second-order valence-electron chi connectivity index (χ2n) is 4.05. The summed E-state index contributed by atoms with van der Waals surface area (Å²) in [6, 6.07) is 1.49. The van der Waals surface area contributed by atoms with E-state index < -0.39 is 21.9 Å². The fourth-order valence-electron chi connectivity index (χ4n) is 1.27. The summed E-state index contributed by atoms with van der Waals surface area (Å²) in [5, 5.41) is 8.78. The van der Waals surface area contributed by atoms with Crippen LogP contribution in [-0.2, 0) is 14.8 Å². The van der Waals surface area contributed by atoms with Crippen molar-refractivity contribution >= 4 is 38.9 Å². The van der Waals surface area contributed by atoms with Crippen molar-refractivity contribution in [1.29, 1.82) is 0 Å². The predicted molar refractivity (Wildman–Crippen MR) is 70.7 cm³/mol. The number of carboxylic acids is 1. The lowest BCUT2D eigenvalue weighted by atomic mass is 10.2. The van der Waals surface area contributed by atoms with Crippen LogP contribution in [0.4, 0.5) is 0 Å². The molecule has 0 fully saturated rings. The van der Waals surface area contributed by atoms with E-state index in [1.54, 1.807) is 6.92 Å². The Morgan fingerprint density at radius 3 is 2.56 bits per heavy atom. The van der Waals surface area contributed by atoms with Crippen LogP contribution in [-0.4, -0.2) is 37.4 Å². The Hall–Kier alpha value is -0.630. The first-order valence-electron chi connectivity index (χ1n) is 5.11. The van der Waals surface area contributed by atoms with Gasteiger partial charge < -0.3 is 5.11 Å². The lowest BCUT2D eigenvalue weighted by Gasteiger charge is -2.18. The first kappa shape index (κ1) is 15.4. The highest BCUT2D eigenvalue weighted by atomic mass is 35.5. The summed E-state index contributed by atoms with van der Waals surface area (Å²) in [6.45, 7) is 3.10. The van der Waals surface area contributed by atoms with Gasteiger partial charge in [-0.15, -0.1) is 11.3 Å². The first-order chi connectivity index (χ1) is 8.16. The van der Waals surface area contributed by atoms with E-state index >= 15 is 0 Å². The lowest BCUT2D eigenvalue weighted by molar-refractivity contribution is -0.141. The fourth-order valence-corrected chi connectivity index (χ4v) is 4.45. The van der Waals surface area contributed by atoms with Crippen LogP contribution in [0.25, 0.3) is 0 Å². The molecule has 1 unspecified atom stereocenters. The molecule has 0 aliphatic carbocycles. The Bertz CT molecular complexity index is 533. The van der Waals surface area contributed by atoms with Gasteiger partial charge in [0.25, 0.3) is 10.0 Å². The third-order valence-electron chi connectivity index (χ3n) is 2.45. The van der Waals surface area contributed by atoms with Crippen LogP contribution < -0.4 is 0 Å². The van der Waals surface area contributed by atoms with Crippen molar-refractivity contribution in [1.82, 2.24) is 4.31 Å². The largest absolute Gasteiger partial charge is 0.481 e. The van der Waals surface area contributed by atoms with Gasteiger partial charge in [0.05, 0.1) is 10.3 Å². The summed E-state index contributed by atoms with van der Waals surface area (Å²) in [5.74, 6) is -1.79. The average Bonchev–Trinajstić information content (AvgIpc) is 2.59. The smallest absolute Gasteiger partial charge is 0.307 e. The van der Waals surface area contributed by atoms with E-state index in [-0.39, 0.29) is 10.8 Å². The number of hydrogen-bond donors (Lipinski definition) is 1. The van der Waals surface area contributed by atoms with Crippen molar-refractivity contribution in [2.24, 2.45) is 5.92 Å². The molecule has 102 valence electrons. The van der Waals surface area contributed by atoms with Gasteiger partial charge in [-0.3, -0.25) is 4.79 Å². The van der Waals surface area contributed by atoms with Gasteiger partial charge in [0.2, 0.25) is 0 Å². The van der Waals surface area contributed by atoms with E-state index in [1.807, 2.05) is 0 Å². The second kappa shape index (κ2) is 5.56. The molecule has 0 saturated heterocycles. The zero-order valence-corrected chi connectivity index (χ0v) is 12.6.